The van der Waals surface area contributed by atoms with Gasteiger partial charge in [0.2, 0.25) is 0 Å². The Kier molecular flexibility index (Phi) is 23.0. The number of quaternary nitrogens is 1. The van der Waals surface area contributed by atoms with Gasteiger partial charge in [-0.05, 0) is 12.0 Å². The van der Waals surface area contributed by atoms with Gasteiger partial charge in [-0.15, -0.1) is 0 Å². The molecule has 0 spiro atoms. The second kappa shape index (κ2) is 24.6. The van der Waals surface area contributed by atoms with Crippen LogP contribution in [-0.2, 0) is 29.7 Å². The van der Waals surface area contributed by atoms with E-state index in [9.17, 15) is 9.46 Å². The van der Waals surface area contributed by atoms with Crippen LogP contribution < -0.4 is 0 Å². The van der Waals surface area contributed by atoms with Crippen molar-refractivity contribution in [3.05, 3.63) is 35.9 Å². The van der Waals surface area contributed by atoms with Crippen molar-refractivity contribution in [2.75, 3.05) is 54.1 Å². The molecule has 41 heavy (non-hydrogen) atoms. The van der Waals surface area contributed by atoms with Gasteiger partial charge in [-0.1, -0.05) is 134 Å². The predicted octanol–water partition coefficient (Wildman–Crippen LogP) is 8.69. The molecule has 2 unspecified atom stereocenters. The third-order valence-corrected chi connectivity index (χ3v) is 8.20. The van der Waals surface area contributed by atoms with E-state index in [1.165, 1.54) is 89.9 Å². The van der Waals surface area contributed by atoms with Gasteiger partial charge in [0, 0.05) is 6.61 Å². The van der Waals surface area contributed by atoms with Gasteiger partial charge in [0.05, 0.1) is 41.0 Å². The fraction of sp³-hybridized carbons (Fsp3) is 0.818. The minimum absolute atomic E-state index is 0.0655. The van der Waals surface area contributed by atoms with Crippen LogP contribution in [0.15, 0.2) is 30.3 Å². The van der Waals surface area contributed by atoms with Crippen LogP contribution in [0.5, 0.6) is 0 Å². The van der Waals surface area contributed by atoms with E-state index >= 15 is 0 Å². The highest BCUT2D eigenvalue weighted by Crippen LogP contribution is 2.43. The molecule has 0 aromatic heterocycles. The molecule has 7 nitrogen and oxygen atoms in total. The Morgan fingerprint density at radius 1 is 0.707 bits per heavy atom. The molecule has 0 bridgehead atoms. The smallest absolute Gasteiger partial charge is 0.379 e. The average molecular weight is 601 g/mol. The molecular formula is C33H63NO6P+. The molecule has 0 amide bonds. The van der Waals surface area contributed by atoms with Gasteiger partial charge >= 0.3 is 7.82 Å². The van der Waals surface area contributed by atoms with E-state index in [-0.39, 0.29) is 13.2 Å². The predicted molar refractivity (Wildman–Crippen MR) is 170 cm³/mol. The molecule has 1 aromatic rings. The molecule has 1 rings (SSSR count). The fourth-order valence-electron chi connectivity index (χ4n) is 4.54. The highest BCUT2D eigenvalue weighted by Gasteiger charge is 2.25. The maximum absolute atomic E-state index is 12.3. The van der Waals surface area contributed by atoms with E-state index in [0.29, 0.717) is 30.8 Å². The zero-order valence-corrected chi connectivity index (χ0v) is 27.8. The second-order valence-corrected chi connectivity index (χ2v) is 13.9. The number of ether oxygens (including phenoxy) is 2. The molecular weight excluding hydrogens is 537 g/mol. The lowest BCUT2D eigenvalue weighted by Gasteiger charge is -2.24. The summed E-state index contributed by atoms with van der Waals surface area (Å²) in [5.41, 5.74) is 1.03. The molecule has 240 valence electrons. The minimum atomic E-state index is -4.15. The first kappa shape index (κ1) is 38.2. The van der Waals surface area contributed by atoms with E-state index in [0.717, 1.165) is 18.4 Å². The van der Waals surface area contributed by atoms with Crippen molar-refractivity contribution >= 4 is 7.82 Å². The van der Waals surface area contributed by atoms with Crippen molar-refractivity contribution in [2.24, 2.45) is 0 Å². The molecule has 0 fully saturated rings. The lowest BCUT2D eigenvalue weighted by Crippen LogP contribution is -2.37. The summed E-state index contributed by atoms with van der Waals surface area (Å²) >= 11 is 0. The van der Waals surface area contributed by atoms with Crippen LogP contribution in [0.4, 0.5) is 0 Å². The molecule has 0 radical (unpaired) electrons. The molecule has 0 aliphatic carbocycles. The van der Waals surface area contributed by atoms with Crippen molar-refractivity contribution < 1.29 is 32.5 Å². The van der Waals surface area contributed by atoms with Gasteiger partial charge in [-0.3, -0.25) is 9.05 Å². The van der Waals surface area contributed by atoms with Gasteiger partial charge < -0.3 is 18.9 Å². The molecule has 1 aromatic carbocycles. The van der Waals surface area contributed by atoms with Gasteiger partial charge in [-0.2, -0.15) is 0 Å². The maximum Gasteiger partial charge on any atom is 0.472 e. The zero-order chi connectivity index (χ0) is 30.1. The van der Waals surface area contributed by atoms with E-state index in [1.807, 2.05) is 51.5 Å². The van der Waals surface area contributed by atoms with Gasteiger partial charge in [0.15, 0.2) is 0 Å². The lowest BCUT2D eigenvalue weighted by atomic mass is 10.0. The van der Waals surface area contributed by atoms with Crippen LogP contribution in [0.25, 0.3) is 0 Å². The van der Waals surface area contributed by atoms with Crippen molar-refractivity contribution in [3.63, 3.8) is 0 Å². The number of hydrogen-bond donors (Lipinski definition) is 1. The number of nitrogens with zero attached hydrogens (tertiary/aromatic N) is 1. The van der Waals surface area contributed by atoms with E-state index in [2.05, 4.69) is 6.92 Å². The molecule has 0 aliphatic rings. The number of likely N-dealkylation sites (N-methyl/N-ethyl adjacent to an activating group) is 1. The van der Waals surface area contributed by atoms with Crippen molar-refractivity contribution in [1.29, 1.82) is 0 Å². The van der Waals surface area contributed by atoms with Crippen LogP contribution in [0.1, 0.15) is 115 Å². The quantitative estimate of drug-likeness (QED) is 0.0563. The summed E-state index contributed by atoms with van der Waals surface area (Å²) in [7, 11) is 1.84. The first-order valence-electron chi connectivity index (χ1n) is 16.4. The first-order valence-corrected chi connectivity index (χ1v) is 17.9. The van der Waals surface area contributed by atoms with Crippen molar-refractivity contribution in [3.8, 4) is 0 Å². The van der Waals surface area contributed by atoms with Crippen molar-refractivity contribution in [2.45, 2.75) is 122 Å². The molecule has 2 atom stereocenters. The number of unbranched alkanes of at least 4 members (excludes halogenated alkanes) is 15. The molecule has 0 aliphatic heterocycles. The summed E-state index contributed by atoms with van der Waals surface area (Å²) in [6.45, 7) is 4.30. The van der Waals surface area contributed by atoms with Gasteiger partial charge in [0.1, 0.15) is 19.3 Å². The number of hydrogen-bond acceptors (Lipinski definition) is 5. The first-order chi connectivity index (χ1) is 19.7. The summed E-state index contributed by atoms with van der Waals surface area (Å²) in [4.78, 5) is 10.1. The fourth-order valence-corrected chi connectivity index (χ4v) is 5.29. The Balaban J connectivity index is 2.13. The molecule has 8 heteroatoms. The van der Waals surface area contributed by atoms with Crippen LogP contribution in [0, 0.1) is 0 Å². The van der Waals surface area contributed by atoms with E-state index < -0.39 is 13.9 Å². The lowest BCUT2D eigenvalue weighted by molar-refractivity contribution is -0.870. The summed E-state index contributed by atoms with van der Waals surface area (Å²) in [6, 6.07) is 9.85. The minimum Gasteiger partial charge on any atom is -0.379 e. The summed E-state index contributed by atoms with van der Waals surface area (Å²) < 4.78 is 35.2. The number of phosphoric acid groups is 1. The second-order valence-electron chi connectivity index (χ2n) is 12.4. The molecule has 0 saturated carbocycles. The van der Waals surface area contributed by atoms with Crippen LogP contribution >= 0.6 is 7.82 Å². The number of benzene rings is 1. The van der Waals surface area contributed by atoms with Crippen LogP contribution in [0.2, 0.25) is 0 Å². The molecule has 0 heterocycles. The molecule has 0 saturated heterocycles. The highest BCUT2D eigenvalue weighted by atomic mass is 31.2. The Morgan fingerprint density at radius 2 is 1.22 bits per heavy atom. The van der Waals surface area contributed by atoms with Crippen molar-refractivity contribution in [1.82, 2.24) is 0 Å². The average Bonchev–Trinajstić information content (AvgIpc) is 2.93. The summed E-state index contributed by atoms with van der Waals surface area (Å²) in [5.74, 6) is 0. The monoisotopic (exact) mass is 600 g/mol. The highest BCUT2D eigenvalue weighted by molar-refractivity contribution is 7.47. The standard InChI is InChI=1S/C33H62NO6P/c1-5-6-7-8-9-10-11-12-13-14-15-16-17-18-19-23-27-37-30-33(38-29-32-24-21-20-22-25-32)31-40-41(35,36)39-28-26-34(2,3)4/h20-22,24-25,33H,5-19,23,26-31H2,1-4H3/p+1. The Labute approximate surface area is 252 Å². The Hall–Kier alpha value is -0.790. The number of rotatable bonds is 29. The third kappa shape index (κ3) is 25.4. The normalized spacial score (nSPS) is 14.3. The molecule has 1 N–H and O–H groups in total. The van der Waals surface area contributed by atoms with Gasteiger partial charge in [0.25, 0.3) is 0 Å². The third-order valence-electron chi connectivity index (χ3n) is 7.21. The summed E-state index contributed by atoms with van der Waals surface area (Å²) in [5, 5.41) is 0. The number of phosphoric ester groups is 1. The Morgan fingerprint density at radius 3 is 1.73 bits per heavy atom. The largest absolute Gasteiger partial charge is 0.472 e. The zero-order valence-electron chi connectivity index (χ0n) is 26.9. The van der Waals surface area contributed by atoms with Crippen LogP contribution in [0.3, 0.4) is 0 Å². The maximum atomic E-state index is 12.3. The van der Waals surface area contributed by atoms with Crippen LogP contribution in [-0.4, -0.2) is 69.6 Å². The summed E-state index contributed by atoms with van der Waals surface area (Å²) in [6.07, 6.45) is 21.0. The van der Waals surface area contributed by atoms with E-state index in [1.54, 1.807) is 0 Å². The SMILES string of the molecule is CCCCCCCCCCCCCCCCCCOCC(COP(=O)(O)OCC[N+](C)(C)C)OCc1ccccc1. The van der Waals surface area contributed by atoms with E-state index in [4.69, 9.17) is 18.5 Å². The Bertz CT molecular complexity index is 758. The van der Waals surface area contributed by atoms with Gasteiger partial charge in [-0.25, -0.2) is 4.57 Å². The topological polar surface area (TPSA) is 74.2 Å².